The van der Waals surface area contributed by atoms with Gasteiger partial charge in [0.1, 0.15) is 0 Å². The Morgan fingerprint density at radius 3 is 2.68 bits per heavy atom. The van der Waals surface area contributed by atoms with Gasteiger partial charge in [-0.05, 0) is 17.7 Å². The van der Waals surface area contributed by atoms with E-state index in [0.29, 0.717) is 18.0 Å². The van der Waals surface area contributed by atoms with Gasteiger partial charge in [0.05, 0.1) is 13.7 Å². The number of rotatable bonds is 8. The van der Waals surface area contributed by atoms with E-state index in [0.717, 1.165) is 5.56 Å². The van der Waals surface area contributed by atoms with Gasteiger partial charge in [0, 0.05) is 6.54 Å². The van der Waals surface area contributed by atoms with Crippen molar-refractivity contribution < 1.29 is 24.2 Å². The Balaban J connectivity index is 2.66. The summed E-state index contributed by atoms with van der Waals surface area (Å²) in [5, 5.41) is 11.3. The third-order valence-electron chi connectivity index (χ3n) is 2.20. The van der Waals surface area contributed by atoms with Gasteiger partial charge in [-0.2, -0.15) is 0 Å². The molecule has 0 bridgehead atoms. The van der Waals surface area contributed by atoms with E-state index in [1.807, 2.05) is 0 Å². The molecule has 0 heterocycles. The van der Waals surface area contributed by atoms with Crippen molar-refractivity contribution in [1.29, 1.82) is 0 Å². The van der Waals surface area contributed by atoms with Crippen LogP contribution in [0.3, 0.4) is 0 Å². The summed E-state index contributed by atoms with van der Waals surface area (Å²) < 4.78 is 10.3. The summed E-state index contributed by atoms with van der Waals surface area (Å²) in [6.07, 6.45) is 0. The molecule has 0 aromatic heterocycles. The van der Waals surface area contributed by atoms with Crippen LogP contribution in [0.4, 0.5) is 0 Å². The molecule has 1 amide bonds. The highest BCUT2D eigenvalue weighted by Crippen LogP contribution is 2.27. The van der Waals surface area contributed by atoms with Gasteiger partial charge in [-0.25, -0.2) is 0 Å². The molecule has 7 nitrogen and oxygen atoms in total. The highest BCUT2D eigenvalue weighted by Gasteiger charge is 2.07. The van der Waals surface area contributed by atoms with E-state index in [1.54, 1.807) is 18.2 Å². The predicted molar refractivity (Wildman–Crippen MR) is 67.0 cm³/mol. The molecule has 0 saturated heterocycles. The monoisotopic (exact) mass is 268 g/mol. The van der Waals surface area contributed by atoms with Crippen LogP contribution in [0.25, 0.3) is 0 Å². The van der Waals surface area contributed by atoms with Crippen molar-refractivity contribution in [3.63, 3.8) is 0 Å². The second-order valence-electron chi connectivity index (χ2n) is 3.74. The molecule has 0 fully saturated rings. The number of aliphatic carboxylic acids is 1. The largest absolute Gasteiger partial charge is 0.493 e. The SMILES string of the molecule is COc1cc(CNCC(=O)O)ccc1OCC(N)=O. The van der Waals surface area contributed by atoms with Crippen LogP contribution >= 0.6 is 0 Å². The molecular weight excluding hydrogens is 252 g/mol. The Hall–Kier alpha value is -2.28. The van der Waals surface area contributed by atoms with Crippen LogP contribution in [0.15, 0.2) is 18.2 Å². The van der Waals surface area contributed by atoms with Crippen molar-refractivity contribution in [2.45, 2.75) is 6.54 Å². The van der Waals surface area contributed by atoms with Crippen molar-refractivity contribution in [3.05, 3.63) is 23.8 Å². The second-order valence-corrected chi connectivity index (χ2v) is 3.74. The first-order valence-electron chi connectivity index (χ1n) is 5.53. The fourth-order valence-corrected chi connectivity index (χ4v) is 1.40. The minimum Gasteiger partial charge on any atom is -0.493 e. The first-order valence-corrected chi connectivity index (χ1v) is 5.53. The number of nitrogens with two attached hydrogens (primary N) is 1. The van der Waals surface area contributed by atoms with Crippen LogP contribution in [-0.4, -0.2) is 37.2 Å². The van der Waals surface area contributed by atoms with Crippen LogP contribution < -0.4 is 20.5 Å². The van der Waals surface area contributed by atoms with Crippen molar-refractivity contribution in [1.82, 2.24) is 5.32 Å². The number of hydrogen-bond donors (Lipinski definition) is 3. The van der Waals surface area contributed by atoms with E-state index < -0.39 is 11.9 Å². The highest BCUT2D eigenvalue weighted by atomic mass is 16.5. The van der Waals surface area contributed by atoms with Crippen molar-refractivity contribution in [2.24, 2.45) is 5.73 Å². The van der Waals surface area contributed by atoms with E-state index >= 15 is 0 Å². The third-order valence-corrected chi connectivity index (χ3v) is 2.20. The molecule has 0 aliphatic rings. The minimum atomic E-state index is -0.923. The van der Waals surface area contributed by atoms with Crippen LogP contribution in [0.2, 0.25) is 0 Å². The molecule has 0 atom stereocenters. The summed E-state index contributed by atoms with van der Waals surface area (Å²) in [5.74, 6) is -0.637. The van der Waals surface area contributed by atoms with Gasteiger partial charge >= 0.3 is 5.97 Å². The average molecular weight is 268 g/mol. The molecule has 0 aliphatic heterocycles. The Morgan fingerprint density at radius 2 is 2.11 bits per heavy atom. The van der Waals surface area contributed by atoms with Crippen LogP contribution in [-0.2, 0) is 16.1 Å². The molecule has 19 heavy (non-hydrogen) atoms. The normalized spacial score (nSPS) is 9.95. The van der Waals surface area contributed by atoms with Crippen LogP contribution in [0.1, 0.15) is 5.56 Å². The number of nitrogens with one attached hydrogen (secondary N) is 1. The van der Waals surface area contributed by atoms with Gasteiger partial charge in [-0.1, -0.05) is 6.07 Å². The topological polar surface area (TPSA) is 111 Å². The maximum atomic E-state index is 10.6. The standard InChI is InChI=1S/C12H16N2O5/c1-18-10-4-8(5-14-6-12(16)17)2-3-9(10)19-7-11(13)15/h2-4,14H,5-7H2,1H3,(H2,13,15)(H,16,17). The van der Waals surface area contributed by atoms with Crippen molar-refractivity contribution >= 4 is 11.9 Å². The van der Waals surface area contributed by atoms with Gasteiger partial charge in [0.2, 0.25) is 0 Å². The molecule has 0 unspecified atom stereocenters. The molecule has 0 aliphatic carbocycles. The summed E-state index contributed by atoms with van der Waals surface area (Å²) in [6.45, 7) is 0.0357. The number of carboxylic acid groups (broad SMARTS) is 1. The number of carbonyl (C=O) groups is 2. The number of methoxy groups -OCH3 is 1. The minimum absolute atomic E-state index is 0.123. The third kappa shape index (κ3) is 5.26. The van der Waals surface area contributed by atoms with Gasteiger partial charge in [0.25, 0.3) is 5.91 Å². The Kier molecular flexibility index (Phi) is 5.62. The Morgan fingerprint density at radius 1 is 1.37 bits per heavy atom. The predicted octanol–water partition coefficient (Wildman–Crippen LogP) is -0.266. The van der Waals surface area contributed by atoms with Crippen LogP contribution in [0, 0.1) is 0 Å². The zero-order chi connectivity index (χ0) is 14.3. The fourth-order valence-electron chi connectivity index (χ4n) is 1.40. The van der Waals surface area contributed by atoms with E-state index in [9.17, 15) is 9.59 Å². The molecular formula is C12H16N2O5. The molecule has 7 heteroatoms. The second kappa shape index (κ2) is 7.22. The lowest BCUT2D eigenvalue weighted by Crippen LogP contribution is -2.22. The number of amides is 1. The summed E-state index contributed by atoms with van der Waals surface area (Å²) in [5.41, 5.74) is 5.82. The number of benzene rings is 1. The molecule has 0 saturated carbocycles. The molecule has 1 rings (SSSR count). The summed E-state index contributed by atoms with van der Waals surface area (Å²) in [7, 11) is 1.47. The summed E-state index contributed by atoms with van der Waals surface area (Å²) in [6, 6.07) is 5.08. The Bertz CT molecular complexity index is 461. The lowest BCUT2D eigenvalue weighted by atomic mass is 10.2. The zero-order valence-corrected chi connectivity index (χ0v) is 10.5. The zero-order valence-electron chi connectivity index (χ0n) is 10.5. The lowest BCUT2D eigenvalue weighted by molar-refractivity contribution is -0.136. The van der Waals surface area contributed by atoms with E-state index in [1.165, 1.54) is 7.11 Å². The average Bonchev–Trinajstić information content (AvgIpc) is 2.36. The van der Waals surface area contributed by atoms with E-state index in [4.69, 9.17) is 20.3 Å². The number of carboxylic acids is 1. The van der Waals surface area contributed by atoms with Gasteiger partial charge < -0.3 is 25.6 Å². The number of primary amides is 1. The maximum Gasteiger partial charge on any atom is 0.317 e. The first-order chi connectivity index (χ1) is 9.02. The molecule has 0 spiro atoms. The van der Waals surface area contributed by atoms with Crippen LogP contribution in [0.5, 0.6) is 11.5 Å². The molecule has 4 N–H and O–H groups in total. The lowest BCUT2D eigenvalue weighted by Gasteiger charge is -2.11. The van der Waals surface area contributed by atoms with E-state index in [-0.39, 0.29) is 13.2 Å². The smallest absolute Gasteiger partial charge is 0.317 e. The van der Waals surface area contributed by atoms with Gasteiger partial charge in [-0.15, -0.1) is 0 Å². The first kappa shape index (κ1) is 14.8. The number of hydrogen-bond acceptors (Lipinski definition) is 5. The fraction of sp³-hybridized carbons (Fsp3) is 0.333. The molecule has 1 aromatic rings. The summed E-state index contributed by atoms with van der Waals surface area (Å²) >= 11 is 0. The summed E-state index contributed by atoms with van der Waals surface area (Å²) in [4.78, 5) is 21.0. The van der Waals surface area contributed by atoms with Crippen molar-refractivity contribution in [3.8, 4) is 11.5 Å². The molecule has 104 valence electrons. The quantitative estimate of drug-likeness (QED) is 0.598. The van der Waals surface area contributed by atoms with Crippen molar-refractivity contribution in [2.75, 3.05) is 20.3 Å². The number of ether oxygens (including phenoxy) is 2. The molecule has 1 aromatic carbocycles. The maximum absolute atomic E-state index is 10.6. The van der Waals surface area contributed by atoms with Gasteiger partial charge in [-0.3, -0.25) is 9.59 Å². The molecule has 0 radical (unpaired) electrons. The van der Waals surface area contributed by atoms with Gasteiger partial charge in [0.15, 0.2) is 18.1 Å². The number of carbonyl (C=O) groups excluding carboxylic acids is 1. The Labute approximate surface area is 110 Å². The van der Waals surface area contributed by atoms with E-state index in [2.05, 4.69) is 5.32 Å². The highest BCUT2D eigenvalue weighted by molar-refractivity contribution is 5.75.